The van der Waals surface area contributed by atoms with Crippen LogP contribution in [0.5, 0.6) is 11.5 Å². The summed E-state index contributed by atoms with van der Waals surface area (Å²) in [6.45, 7) is 7.82. The summed E-state index contributed by atoms with van der Waals surface area (Å²) in [6, 6.07) is 4.66. The van der Waals surface area contributed by atoms with Crippen LogP contribution >= 0.6 is 15.9 Å². The van der Waals surface area contributed by atoms with Crippen molar-refractivity contribution >= 4 is 15.9 Å². The molecule has 0 saturated carbocycles. The van der Waals surface area contributed by atoms with Crippen molar-refractivity contribution in [2.75, 3.05) is 26.9 Å². The summed E-state index contributed by atoms with van der Waals surface area (Å²) in [4.78, 5) is 2.38. The van der Waals surface area contributed by atoms with Gasteiger partial charge in [0.15, 0.2) is 11.5 Å². The summed E-state index contributed by atoms with van der Waals surface area (Å²) < 4.78 is 11.8. The Morgan fingerprint density at radius 3 is 2.67 bits per heavy atom. The highest BCUT2D eigenvalue weighted by Gasteiger charge is 2.15. The Bertz CT molecular complexity index is 466. The first-order valence-electron chi connectivity index (χ1n) is 7.57. The van der Waals surface area contributed by atoms with Crippen molar-refractivity contribution in [2.24, 2.45) is 0 Å². The van der Waals surface area contributed by atoms with E-state index in [-0.39, 0.29) is 0 Å². The smallest absolute Gasteiger partial charge is 0.231 e. The van der Waals surface area contributed by atoms with Gasteiger partial charge in [-0.15, -0.1) is 0 Å². The fourth-order valence-corrected chi connectivity index (χ4v) is 2.65. The van der Waals surface area contributed by atoms with E-state index >= 15 is 0 Å². The van der Waals surface area contributed by atoms with Crippen molar-refractivity contribution < 1.29 is 9.47 Å². The highest BCUT2D eigenvalue weighted by atomic mass is 79.9. The van der Waals surface area contributed by atoms with Crippen LogP contribution in [-0.2, 0) is 6.54 Å². The molecule has 0 atom stereocenters. The number of ether oxygens (including phenoxy) is 2. The summed E-state index contributed by atoms with van der Waals surface area (Å²) in [5.41, 5.74) is 1.21. The molecule has 0 saturated heterocycles. The van der Waals surface area contributed by atoms with E-state index in [9.17, 15) is 0 Å². The van der Waals surface area contributed by atoms with Crippen LogP contribution in [0.1, 0.15) is 32.3 Å². The molecule has 0 fully saturated rings. The average Bonchev–Trinajstić information content (AvgIpc) is 2.89. The maximum Gasteiger partial charge on any atom is 0.231 e. The molecule has 0 aromatic heterocycles. The van der Waals surface area contributed by atoms with E-state index in [2.05, 4.69) is 47.0 Å². The molecule has 4 nitrogen and oxygen atoms in total. The highest BCUT2D eigenvalue weighted by Crippen LogP contribution is 2.36. The van der Waals surface area contributed by atoms with Gasteiger partial charge in [-0.2, -0.15) is 0 Å². The van der Waals surface area contributed by atoms with Crippen molar-refractivity contribution in [1.82, 2.24) is 10.2 Å². The molecule has 1 aromatic carbocycles. The fraction of sp³-hybridized carbons (Fsp3) is 0.625. The molecule has 1 N–H and O–H groups in total. The Hall–Kier alpha value is -0.780. The first kappa shape index (κ1) is 16.6. The van der Waals surface area contributed by atoms with Gasteiger partial charge in [-0.1, -0.05) is 15.9 Å². The Kier molecular flexibility index (Phi) is 6.33. The summed E-state index contributed by atoms with van der Waals surface area (Å²) in [6.07, 6.45) is 2.42. The van der Waals surface area contributed by atoms with Crippen molar-refractivity contribution in [3.05, 3.63) is 22.2 Å². The normalized spacial score (nSPS) is 13.4. The minimum atomic E-state index is 0.321. The predicted molar refractivity (Wildman–Crippen MR) is 89.0 cm³/mol. The summed E-state index contributed by atoms with van der Waals surface area (Å²) in [7, 11) is 2.18. The summed E-state index contributed by atoms with van der Waals surface area (Å²) in [5.74, 6) is 1.66. The van der Waals surface area contributed by atoms with Crippen molar-refractivity contribution in [3.8, 4) is 11.5 Å². The van der Waals surface area contributed by atoms with Crippen LogP contribution < -0.4 is 14.8 Å². The van der Waals surface area contributed by atoms with Gasteiger partial charge in [-0.05, 0) is 64.5 Å². The molecule has 1 heterocycles. The van der Waals surface area contributed by atoms with Crippen LogP contribution in [0.2, 0.25) is 0 Å². The lowest BCUT2D eigenvalue weighted by atomic mass is 10.2. The second-order valence-electron chi connectivity index (χ2n) is 5.76. The number of benzene rings is 1. The molecule has 0 bridgehead atoms. The van der Waals surface area contributed by atoms with E-state index in [1.54, 1.807) is 0 Å². The van der Waals surface area contributed by atoms with E-state index < -0.39 is 0 Å². The highest BCUT2D eigenvalue weighted by molar-refractivity contribution is 9.10. The van der Waals surface area contributed by atoms with Gasteiger partial charge in [0.05, 0.1) is 0 Å². The maximum atomic E-state index is 5.41. The SMILES string of the molecule is CC(C)N(C)CCCCNCc1cc2c(cc1Br)OCO2. The summed E-state index contributed by atoms with van der Waals surface area (Å²) >= 11 is 3.59. The van der Waals surface area contributed by atoms with Crippen molar-refractivity contribution in [1.29, 1.82) is 0 Å². The molecule has 0 amide bonds. The Morgan fingerprint density at radius 2 is 1.95 bits per heavy atom. The number of fused-ring (bicyclic) bond motifs is 1. The molecule has 21 heavy (non-hydrogen) atoms. The standard InChI is InChI=1S/C16H25BrN2O2/c1-12(2)19(3)7-5-4-6-18-10-13-8-15-16(9-14(13)17)21-11-20-15/h8-9,12,18H,4-7,10-11H2,1-3H3. The minimum absolute atomic E-state index is 0.321. The molecule has 0 spiro atoms. The van der Waals surface area contributed by atoms with Gasteiger partial charge in [-0.25, -0.2) is 0 Å². The minimum Gasteiger partial charge on any atom is -0.454 e. The lowest BCUT2D eigenvalue weighted by Gasteiger charge is -2.20. The lowest BCUT2D eigenvalue weighted by molar-refractivity contribution is 0.174. The first-order valence-corrected chi connectivity index (χ1v) is 8.36. The fourth-order valence-electron chi connectivity index (χ4n) is 2.19. The number of hydrogen-bond acceptors (Lipinski definition) is 4. The quantitative estimate of drug-likeness (QED) is 0.724. The Balaban J connectivity index is 1.67. The first-order chi connectivity index (χ1) is 10.1. The number of nitrogens with zero attached hydrogens (tertiary/aromatic N) is 1. The largest absolute Gasteiger partial charge is 0.454 e. The van der Waals surface area contributed by atoms with E-state index in [1.807, 2.05) is 12.1 Å². The zero-order valence-corrected chi connectivity index (χ0v) is 14.7. The molecule has 5 heteroatoms. The van der Waals surface area contributed by atoms with Crippen LogP contribution in [0.3, 0.4) is 0 Å². The molecule has 1 aliphatic rings. The third-order valence-corrected chi connectivity index (χ3v) is 4.59. The molecular weight excluding hydrogens is 332 g/mol. The van der Waals surface area contributed by atoms with Gasteiger partial charge in [0.1, 0.15) is 0 Å². The van der Waals surface area contributed by atoms with Gasteiger partial charge in [-0.3, -0.25) is 0 Å². The second kappa shape index (κ2) is 8.01. The molecule has 0 unspecified atom stereocenters. The number of nitrogens with one attached hydrogen (secondary N) is 1. The number of rotatable bonds is 8. The topological polar surface area (TPSA) is 33.7 Å². The van der Waals surface area contributed by atoms with Crippen LogP contribution in [-0.4, -0.2) is 37.9 Å². The third-order valence-electron chi connectivity index (χ3n) is 3.85. The van der Waals surface area contributed by atoms with E-state index in [1.165, 1.54) is 18.4 Å². The zero-order valence-electron chi connectivity index (χ0n) is 13.1. The zero-order chi connectivity index (χ0) is 15.2. The van der Waals surface area contributed by atoms with E-state index in [0.29, 0.717) is 12.8 Å². The van der Waals surface area contributed by atoms with Crippen molar-refractivity contribution in [3.63, 3.8) is 0 Å². The average molecular weight is 357 g/mol. The van der Waals surface area contributed by atoms with Gasteiger partial charge in [0.25, 0.3) is 0 Å². The van der Waals surface area contributed by atoms with E-state index in [0.717, 1.165) is 35.6 Å². The molecule has 1 aromatic rings. The van der Waals surface area contributed by atoms with Crippen LogP contribution in [0.25, 0.3) is 0 Å². The Labute approximate surface area is 135 Å². The van der Waals surface area contributed by atoms with Gasteiger partial charge >= 0.3 is 0 Å². The summed E-state index contributed by atoms with van der Waals surface area (Å²) in [5, 5.41) is 3.49. The molecule has 1 aliphatic heterocycles. The number of unbranched alkanes of at least 4 members (excludes halogenated alkanes) is 1. The lowest BCUT2D eigenvalue weighted by Crippen LogP contribution is -2.27. The molecule has 118 valence electrons. The molecule has 0 aliphatic carbocycles. The van der Waals surface area contributed by atoms with Gasteiger partial charge in [0, 0.05) is 17.1 Å². The van der Waals surface area contributed by atoms with Gasteiger partial charge < -0.3 is 19.7 Å². The molecule has 2 rings (SSSR count). The van der Waals surface area contributed by atoms with Gasteiger partial charge in [0.2, 0.25) is 6.79 Å². The van der Waals surface area contributed by atoms with E-state index in [4.69, 9.17) is 9.47 Å². The number of halogens is 1. The third kappa shape index (κ3) is 4.87. The van der Waals surface area contributed by atoms with Crippen LogP contribution in [0.4, 0.5) is 0 Å². The number of hydrogen-bond donors (Lipinski definition) is 1. The monoisotopic (exact) mass is 356 g/mol. The molecular formula is C16H25BrN2O2. The van der Waals surface area contributed by atoms with Crippen molar-refractivity contribution in [2.45, 2.75) is 39.3 Å². The maximum absolute atomic E-state index is 5.41. The Morgan fingerprint density at radius 1 is 1.24 bits per heavy atom. The van der Waals surface area contributed by atoms with Crippen LogP contribution in [0, 0.1) is 0 Å². The second-order valence-corrected chi connectivity index (χ2v) is 6.61. The van der Waals surface area contributed by atoms with Crippen LogP contribution in [0.15, 0.2) is 16.6 Å². The predicted octanol–water partition coefficient (Wildman–Crippen LogP) is 3.39. The molecule has 0 radical (unpaired) electrons.